The fraction of sp³-hybridized carbons (Fsp3) is 0.111. The number of ether oxygens (including phenoxy) is 1. The first-order valence-corrected chi connectivity index (χ1v) is 8.58. The van der Waals surface area contributed by atoms with E-state index < -0.39 is 5.09 Å². The van der Waals surface area contributed by atoms with E-state index >= 15 is 0 Å². The van der Waals surface area contributed by atoms with Crippen LogP contribution in [0.2, 0.25) is 0 Å². The Labute approximate surface area is 177 Å². The van der Waals surface area contributed by atoms with Gasteiger partial charge in [-0.25, -0.2) is 10.4 Å². The molecule has 0 saturated carbocycles. The minimum absolute atomic E-state index is 0.0867. The van der Waals surface area contributed by atoms with Gasteiger partial charge >= 0.3 is 5.09 Å². The SMILES string of the molecule is C/C(=N\N=C(N)N)c1ccc(Oc2ccc(/C(C)=N/N=C(N)N)cc2)cc1.O=[N+](O)O. The van der Waals surface area contributed by atoms with Crippen molar-refractivity contribution in [3.63, 3.8) is 0 Å². The van der Waals surface area contributed by atoms with E-state index in [1.165, 1.54) is 0 Å². The van der Waals surface area contributed by atoms with Crippen molar-refractivity contribution in [1.29, 1.82) is 0 Å². The van der Waals surface area contributed by atoms with Gasteiger partial charge in [0, 0.05) is 0 Å². The lowest BCUT2D eigenvalue weighted by Crippen LogP contribution is -2.22. The van der Waals surface area contributed by atoms with Crippen LogP contribution in [0.4, 0.5) is 0 Å². The summed E-state index contributed by atoms with van der Waals surface area (Å²) in [5.41, 5.74) is 24.2. The van der Waals surface area contributed by atoms with E-state index in [9.17, 15) is 0 Å². The third-order valence-electron chi connectivity index (χ3n) is 3.41. The molecule has 0 spiro atoms. The van der Waals surface area contributed by atoms with Crippen molar-refractivity contribution in [1.82, 2.24) is 0 Å². The second kappa shape index (κ2) is 12.0. The van der Waals surface area contributed by atoms with Crippen molar-refractivity contribution < 1.29 is 20.2 Å². The molecule has 2 rings (SSSR count). The summed E-state index contributed by atoms with van der Waals surface area (Å²) in [6.07, 6.45) is 0. The summed E-state index contributed by atoms with van der Waals surface area (Å²) in [6.45, 7) is 3.63. The molecule has 0 saturated heterocycles. The summed E-state index contributed by atoms with van der Waals surface area (Å²) >= 11 is 0. The van der Waals surface area contributed by atoms with Gasteiger partial charge in [-0.15, -0.1) is 10.2 Å². The quantitative estimate of drug-likeness (QED) is 0.220. The molecule has 0 aromatic heterocycles. The van der Waals surface area contributed by atoms with Gasteiger partial charge in [-0.3, -0.25) is 0 Å². The number of benzene rings is 2. The Morgan fingerprint density at radius 1 is 0.710 bits per heavy atom. The van der Waals surface area contributed by atoms with Crippen molar-refractivity contribution in [2.24, 2.45) is 43.3 Å². The molecule has 0 aliphatic heterocycles. The lowest BCUT2D eigenvalue weighted by Gasteiger charge is -2.07. The molecule has 2 aromatic carbocycles. The lowest BCUT2D eigenvalue weighted by atomic mass is 10.1. The molecule has 10 N–H and O–H groups in total. The van der Waals surface area contributed by atoms with E-state index in [1.54, 1.807) is 0 Å². The van der Waals surface area contributed by atoms with Crippen LogP contribution in [0, 0.1) is 4.91 Å². The Balaban J connectivity index is 0.00000110. The predicted octanol–water partition coefficient (Wildman–Crippen LogP) is 1.02. The van der Waals surface area contributed by atoms with Gasteiger partial charge in [-0.2, -0.15) is 10.2 Å². The van der Waals surface area contributed by atoms with Gasteiger partial charge in [-0.05, 0) is 73.5 Å². The molecule has 0 atom stereocenters. The molecule has 13 heteroatoms. The zero-order valence-corrected chi connectivity index (χ0v) is 16.9. The monoisotopic (exact) mass is 430 g/mol. The normalized spacial score (nSPS) is 10.9. The van der Waals surface area contributed by atoms with Crippen LogP contribution in [-0.2, 0) is 0 Å². The highest BCUT2D eigenvalue weighted by Gasteiger charge is 2.02. The van der Waals surface area contributed by atoms with Crippen LogP contribution in [0.1, 0.15) is 25.0 Å². The van der Waals surface area contributed by atoms with Crippen LogP contribution in [-0.4, -0.2) is 38.8 Å². The number of rotatable bonds is 6. The molecule has 164 valence electrons. The van der Waals surface area contributed by atoms with Crippen molar-refractivity contribution in [3.8, 4) is 11.5 Å². The van der Waals surface area contributed by atoms with E-state index in [0.29, 0.717) is 22.9 Å². The summed E-state index contributed by atoms with van der Waals surface area (Å²) in [6, 6.07) is 14.8. The Kier molecular flexibility index (Phi) is 9.43. The molecule has 0 radical (unpaired) electrons. The van der Waals surface area contributed by atoms with Gasteiger partial charge in [0.05, 0.1) is 11.4 Å². The maximum Gasteiger partial charge on any atom is 0.472 e. The second-order valence-electron chi connectivity index (χ2n) is 5.82. The third-order valence-corrected chi connectivity index (χ3v) is 3.41. The van der Waals surface area contributed by atoms with Gasteiger partial charge in [0.15, 0.2) is 0 Å². The zero-order chi connectivity index (χ0) is 23.4. The summed E-state index contributed by atoms with van der Waals surface area (Å²) in [4.78, 5) is 8.47. The van der Waals surface area contributed by atoms with E-state index in [0.717, 1.165) is 11.1 Å². The smallest absolute Gasteiger partial charge is 0.457 e. The molecule has 13 nitrogen and oxygen atoms in total. The number of hydrogen-bond acceptors (Lipinski definition) is 6. The summed E-state index contributed by atoms with van der Waals surface area (Å²) in [5.74, 6) is 1.20. The van der Waals surface area contributed by atoms with E-state index in [1.807, 2.05) is 62.4 Å². The number of nitrogens with zero attached hydrogens (tertiary/aromatic N) is 5. The highest BCUT2D eigenvalue weighted by molar-refractivity contribution is 5.99. The Morgan fingerprint density at radius 3 is 1.26 bits per heavy atom. The number of hydrogen-bond donors (Lipinski definition) is 6. The first-order valence-electron chi connectivity index (χ1n) is 8.58. The second-order valence-corrected chi connectivity index (χ2v) is 5.82. The highest BCUT2D eigenvalue weighted by Crippen LogP contribution is 2.22. The molecule has 0 amide bonds. The van der Waals surface area contributed by atoms with E-state index in [2.05, 4.69) is 20.4 Å². The van der Waals surface area contributed by atoms with Crippen LogP contribution >= 0.6 is 0 Å². The van der Waals surface area contributed by atoms with Crippen molar-refractivity contribution in [3.05, 3.63) is 64.6 Å². The van der Waals surface area contributed by atoms with Crippen molar-refractivity contribution in [2.75, 3.05) is 0 Å². The average molecular weight is 430 g/mol. The summed E-state index contributed by atoms with van der Waals surface area (Å²) < 4.78 is 5.83. The van der Waals surface area contributed by atoms with Gasteiger partial charge in [0.25, 0.3) is 0 Å². The van der Waals surface area contributed by atoms with Crippen LogP contribution in [0.25, 0.3) is 0 Å². The minimum atomic E-state index is -1.25. The molecular formula is C18H24N9O4+. The first kappa shape index (κ1) is 24.4. The number of guanidine groups is 2. The largest absolute Gasteiger partial charge is 0.472 e. The Hall–Kier alpha value is -4.68. The van der Waals surface area contributed by atoms with Gasteiger partial charge in [0.2, 0.25) is 11.9 Å². The van der Waals surface area contributed by atoms with Crippen LogP contribution in [0.5, 0.6) is 11.5 Å². The van der Waals surface area contributed by atoms with E-state index in [4.69, 9.17) is 43.0 Å². The van der Waals surface area contributed by atoms with Gasteiger partial charge in [0.1, 0.15) is 16.4 Å². The first-order chi connectivity index (χ1) is 14.6. The minimum Gasteiger partial charge on any atom is -0.457 e. The molecule has 0 aliphatic rings. The molecule has 0 fully saturated rings. The summed E-state index contributed by atoms with van der Waals surface area (Å²) in [5, 5.41) is 27.7. The fourth-order valence-corrected chi connectivity index (χ4v) is 2.05. The maximum absolute atomic E-state index is 8.47. The van der Waals surface area contributed by atoms with E-state index in [-0.39, 0.29) is 11.9 Å². The molecule has 0 aliphatic carbocycles. The maximum atomic E-state index is 8.47. The zero-order valence-electron chi connectivity index (χ0n) is 16.9. The fourth-order valence-electron chi connectivity index (χ4n) is 2.05. The molecule has 31 heavy (non-hydrogen) atoms. The van der Waals surface area contributed by atoms with Gasteiger partial charge in [-0.1, -0.05) is 0 Å². The molecule has 2 aromatic rings. The van der Waals surface area contributed by atoms with Crippen LogP contribution in [0.15, 0.2) is 68.9 Å². The van der Waals surface area contributed by atoms with Crippen molar-refractivity contribution >= 4 is 23.3 Å². The predicted molar refractivity (Wildman–Crippen MR) is 116 cm³/mol. The Bertz CT molecular complexity index is 910. The molecule has 0 heterocycles. The lowest BCUT2D eigenvalue weighted by molar-refractivity contribution is -0.969. The molecule has 0 bridgehead atoms. The van der Waals surface area contributed by atoms with Crippen molar-refractivity contribution in [2.45, 2.75) is 13.8 Å². The highest BCUT2D eigenvalue weighted by atomic mass is 16.9. The van der Waals surface area contributed by atoms with Crippen LogP contribution < -0.4 is 27.7 Å². The van der Waals surface area contributed by atoms with Gasteiger partial charge < -0.3 is 27.7 Å². The van der Waals surface area contributed by atoms with Crippen LogP contribution in [0.3, 0.4) is 0 Å². The molecular weight excluding hydrogens is 406 g/mol. The third kappa shape index (κ3) is 9.89. The average Bonchev–Trinajstić information content (AvgIpc) is 2.71. The number of nitrogens with two attached hydrogens (primary N) is 4. The Morgan fingerprint density at radius 2 is 1.00 bits per heavy atom. The topological polar surface area (TPSA) is 223 Å². The standard InChI is InChI=1S/C18H22N8O.H2NO3/c1-11(23-25-17(19)20)13-3-7-15(8-4-13)27-16-9-5-14(6-10-16)12(2)24-26-18(21)22;2-1(3)4/h3-10H,1-2H3,(H4,19,20,25)(H4,21,22,26);(H2,2,3,4)/q;+1/b23-11+,24-12+;. The molecule has 0 unspecified atom stereocenters. The summed E-state index contributed by atoms with van der Waals surface area (Å²) in [7, 11) is 0.